The molecule has 0 aromatic rings. The highest BCUT2D eigenvalue weighted by molar-refractivity contribution is 7.80. The summed E-state index contributed by atoms with van der Waals surface area (Å²) in [6.45, 7) is 15.1. The predicted octanol–water partition coefficient (Wildman–Crippen LogP) is 1.43. The van der Waals surface area contributed by atoms with E-state index in [1.807, 2.05) is 26.8 Å². The van der Waals surface area contributed by atoms with E-state index in [4.69, 9.17) is 28.4 Å². The van der Waals surface area contributed by atoms with E-state index in [9.17, 15) is 48.4 Å². The second kappa shape index (κ2) is 14.1. The van der Waals surface area contributed by atoms with Crippen LogP contribution in [0, 0.1) is 33.5 Å². The highest BCUT2D eigenvalue weighted by Crippen LogP contribution is 2.77. The van der Waals surface area contributed by atoms with Gasteiger partial charge in [0.15, 0.2) is 18.2 Å². The molecule has 4 aliphatic heterocycles. The quantitative estimate of drug-likeness (QED) is 0.0827. The smallest absolute Gasteiger partial charge is 0.397 e. The van der Waals surface area contributed by atoms with E-state index in [1.54, 1.807) is 6.92 Å². The molecule has 0 radical (unpaired) electrons. The average Bonchev–Trinajstić information content (AvgIpc) is 3.70. The monoisotopic (exact) mass is 860 g/mol. The van der Waals surface area contributed by atoms with Crippen molar-refractivity contribution in [2.45, 2.75) is 197 Å². The molecule has 336 valence electrons. The minimum atomic E-state index is -5.04. The molecular formula is C41H64O17S. The Balaban J connectivity index is 1.07. The zero-order chi connectivity index (χ0) is 43.3. The van der Waals surface area contributed by atoms with Gasteiger partial charge in [-0.1, -0.05) is 39.3 Å². The third-order valence-electron chi connectivity index (χ3n) is 16.9. The number of carbonyl (C=O) groups is 1. The Labute approximate surface area is 345 Å². The summed E-state index contributed by atoms with van der Waals surface area (Å²) in [4.78, 5) is 14.5. The summed E-state index contributed by atoms with van der Waals surface area (Å²) in [5, 5.41) is 68.2. The lowest BCUT2D eigenvalue weighted by Gasteiger charge is -2.64. The van der Waals surface area contributed by atoms with Crippen molar-refractivity contribution in [3.63, 3.8) is 0 Å². The third-order valence-corrected chi connectivity index (χ3v) is 17.4. The van der Waals surface area contributed by atoms with Crippen LogP contribution >= 0.6 is 0 Å². The van der Waals surface area contributed by atoms with E-state index < -0.39 is 135 Å². The van der Waals surface area contributed by atoms with Gasteiger partial charge in [-0.3, -0.25) is 9.35 Å². The lowest BCUT2D eigenvalue weighted by Crippen LogP contribution is -2.69. The van der Waals surface area contributed by atoms with Gasteiger partial charge in [0.1, 0.15) is 53.7 Å². The molecule has 4 heterocycles. The van der Waals surface area contributed by atoms with Gasteiger partial charge in [-0.05, 0) is 107 Å². The van der Waals surface area contributed by atoms with Gasteiger partial charge in [-0.25, -0.2) is 4.18 Å². The standard InChI is InChI=1S/C41H64O17S/c1-19-27(43)29(45)30(46)32(53-19)55-31-28(44)22(58-59(49,50)51)18-52-33(31)54-25-12-14-37(6)21-17-24(42)41-34(47)57-39(8,26-11-13-35(2,3)56-26)40(41,48)16-15-38(41,7)20(21)9-10-23(37)36(25,4)5/h17,19-20,22-33,42-46,48H,9-16,18H2,1-8H3,(H,49,50,51)/t19?,20?,22?,23?,24?,25?,26?,27?,28?,29?,30?,31?,32?,33?,37-,38+,39+,40+,41-/m1/s1. The summed E-state index contributed by atoms with van der Waals surface area (Å²) in [5.74, 6) is -0.746. The van der Waals surface area contributed by atoms with E-state index in [1.165, 1.54) is 6.92 Å². The molecule has 14 unspecified atom stereocenters. The number of rotatable bonds is 7. The molecule has 3 saturated carbocycles. The summed E-state index contributed by atoms with van der Waals surface area (Å²) in [6.07, 6.45) is -9.75. The number of ether oxygens (including phenoxy) is 6. The van der Waals surface area contributed by atoms with Crippen LogP contribution in [0.3, 0.4) is 0 Å². The molecule has 0 aromatic heterocycles. The Morgan fingerprint density at radius 3 is 2.15 bits per heavy atom. The van der Waals surface area contributed by atoms with Gasteiger partial charge in [0.25, 0.3) is 0 Å². The summed E-state index contributed by atoms with van der Waals surface area (Å²) < 4.78 is 74.3. The van der Waals surface area contributed by atoms with Crippen LogP contribution in [-0.4, -0.2) is 147 Å². The van der Waals surface area contributed by atoms with Gasteiger partial charge in [0.2, 0.25) is 0 Å². The molecular weight excluding hydrogens is 797 g/mol. The molecule has 18 heteroatoms. The molecule has 7 N–H and O–H groups in total. The van der Waals surface area contributed by atoms with Gasteiger partial charge in [-0.15, -0.1) is 0 Å². The molecule has 17 nitrogen and oxygen atoms in total. The lowest BCUT2D eigenvalue weighted by atomic mass is 9.40. The van der Waals surface area contributed by atoms with Gasteiger partial charge in [-0.2, -0.15) is 8.42 Å². The molecule has 0 aromatic carbocycles. The first kappa shape index (κ1) is 44.3. The van der Waals surface area contributed by atoms with Crippen LogP contribution in [0.1, 0.15) is 107 Å². The van der Waals surface area contributed by atoms with Crippen molar-refractivity contribution in [3.05, 3.63) is 11.6 Å². The number of allylic oxidation sites excluding steroid dienone is 1. The molecule has 1 spiro atoms. The first-order valence-corrected chi connectivity index (χ1v) is 22.5. The fourth-order valence-electron chi connectivity index (χ4n) is 13.7. The zero-order valence-corrected chi connectivity index (χ0v) is 36.0. The fourth-order valence-corrected chi connectivity index (χ4v) is 14.2. The van der Waals surface area contributed by atoms with Crippen molar-refractivity contribution in [2.24, 2.45) is 33.5 Å². The first-order valence-electron chi connectivity index (χ1n) is 21.2. The Hall–Kier alpha value is -1.36. The molecule has 4 saturated heterocycles. The summed E-state index contributed by atoms with van der Waals surface area (Å²) >= 11 is 0. The zero-order valence-electron chi connectivity index (χ0n) is 35.1. The summed E-state index contributed by atoms with van der Waals surface area (Å²) in [5.41, 5.74) is -5.89. The number of esters is 1. The molecule has 4 aliphatic carbocycles. The van der Waals surface area contributed by atoms with Crippen molar-refractivity contribution in [2.75, 3.05) is 6.61 Å². The van der Waals surface area contributed by atoms with Crippen molar-refractivity contribution in [3.8, 4) is 0 Å². The number of fused-ring (bicyclic) bond motifs is 4. The second-order valence-corrected chi connectivity index (χ2v) is 21.7. The Morgan fingerprint density at radius 1 is 0.814 bits per heavy atom. The maximum atomic E-state index is 14.5. The Bertz CT molecular complexity index is 1820. The minimum Gasteiger partial charge on any atom is -0.453 e. The van der Waals surface area contributed by atoms with Crippen LogP contribution in [0.4, 0.5) is 0 Å². The highest BCUT2D eigenvalue weighted by atomic mass is 32.3. The van der Waals surface area contributed by atoms with Gasteiger partial charge >= 0.3 is 16.4 Å². The molecule has 8 rings (SSSR count). The van der Waals surface area contributed by atoms with Crippen LogP contribution < -0.4 is 0 Å². The van der Waals surface area contributed by atoms with Crippen molar-refractivity contribution in [1.29, 1.82) is 0 Å². The first-order chi connectivity index (χ1) is 27.2. The molecule has 59 heavy (non-hydrogen) atoms. The normalized spacial score (nSPS) is 54.1. The summed E-state index contributed by atoms with van der Waals surface area (Å²) in [7, 11) is -5.04. The maximum absolute atomic E-state index is 14.5. The van der Waals surface area contributed by atoms with E-state index in [2.05, 4.69) is 25.0 Å². The largest absolute Gasteiger partial charge is 0.453 e. The highest BCUT2D eigenvalue weighted by Gasteiger charge is 2.87. The maximum Gasteiger partial charge on any atom is 0.397 e. The molecule has 0 bridgehead atoms. The number of carbonyl (C=O) groups excluding carboxylic acids is 1. The van der Waals surface area contributed by atoms with E-state index in [-0.39, 0.29) is 18.3 Å². The summed E-state index contributed by atoms with van der Waals surface area (Å²) in [6, 6.07) is 0. The van der Waals surface area contributed by atoms with Crippen molar-refractivity contribution < 1.29 is 81.0 Å². The predicted molar refractivity (Wildman–Crippen MR) is 203 cm³/mol. The van der Waals surface area contributed by atoms with E-state index >= 15 is 0 Å². The van der Waals surface area contributed by atoms with Gasteiger partial charge < -0.3 is 59.1 Å². The second-order valence-electron chi connectivity index (χ2n) is 20.7. The number of cyclic esters (lactones) is 1. The third kappa shape index (κ3) is 6.16. The van der Waals surface area contributed by atoms with E-state index in [0.717, 1.165) is 18.4 Å². The van der Waals surface area contributed by atoms with Crippen molar-refractivity contribution in [1.82, 2.24) is 0 Å². The topological polar surface area (TPSA) is 257 Å². The number of aliphatic hydroxyl groups is 6. The van der Waals surface area contributed by atoms with Gasteiger partial charge in [0, 0.05) is 0 Å². The number of hydrogen-bond donors (Lipinski definition) is 7. The molecule has 8 aliphatic rings. The lowest BCUT2D eigenvalue weighted by molar-refractivity contribution is -0.362. The fraction of sp³-hybridized carbons (Fsp3) is 0.927. The van der Waals surface area contributed by atoms with Crippen LogP contribution in [0.5, 0.6) is 0 Å². The SMILES string of the molecule is CC1OC(OC2C(OC3CC[C@]4(C)C5=CC(O)[C@]67C(=O)O[C@@](C)(C8CCC(C)(C)O8)[C@@]6(O)CC[C@@]7(C)C5CCC4C3(C)C)OCC(OS(=O)(=O)O)C2O)C(O)C(O)C1O. The minimum absolute atomic E-state index is 0.0271. The van der Waals surface area contributed by atoms with Crippen LogP contribution in [-0.2, 0) is 47.8 Å². The van der Waals surface area contributed by atoms with Gasteiger partial charge in [0.05, 0.1) is 30.5 Å². The Kier molecular flexibility index (Phi) is 10.6. The van der Waals surface area contributed by atoms with Crippen molar-refractivity contribution >= 4 is 16.4 Å². The molecule has 0 amide bonds. The molecule has 19 atom stereocenters. The number of aliphatic hydroxyl groups excluding tert-OH is 5. The van der Waals surface area contributed by atoms with Crippen LogP contribution in [0.25, 0.3) is 0 Å². The number of hydrogen-bond acceptors (Lipinski definition) is 16. The average molecular weight is 861 g/mol. The van der Waals surface area contributed by atoms with Crippen LogP contribution in [0.2, 0.25) is 0 Å². The Morgan fingerprint density at radius 2 is 1.51 bits per heavy atom. The molecule has 7 fully saturated rings. The van der Waals surface area contributed by atoms with E-state index in [0.29, 0.717) is 32.1 Å². The van der Waals surface area contributed by atoms with Crippen LogP contribution in [0.15, 0.2) is 11.6 Å².